The number of thiazole rings is 1. The molecule has 0 atom stereocenters. The molecule has 1 aliphatic carbocycles. The molecule has 0 spiro atoms. The zero-order valence-electron chi connectivity index (χ0n) is 13.0. The number of thiophene rings is 1. The van der Waals surface area contributed by atoms with Crippen LogP contribution in [-0.2, 0) is 11.2 Å². The molecule has 0 unspecified atom stereocenters. The molecule has 1 amide bonds. The standard InChI is InChI=1S/C17H22N2OS2/c1-19(14-7-4-2-3-5-8-14)16(20)11-13-12-22-17(18-13)15-9-6-10-21-15/h6,9-10,12,14H,2-5,7-8,11H2,1H3. The lowest BCUT2D eigenvalue weighted by Crippen LogP contribution is -2.37. The lowest BCUT2D eigenvalue weighted by molar-refractivity contribution is -0.131. The summed E-state index contributed by atoms with van der Waals surface area (Å²) < 4.78 is 0. The number of rotatable bonds is 4. The first-order valence-corrected chi connectivity index (χ1v) is 9.74. The third kappa shape index (κ3) is 3.76. The van der Waals surface area contributed by atoms with Gasteiger partial charge in [-0.05, 0) is 24.3 Å². The maximum Gasteiger partial charge on any atom is 0.228 e. The highest BCUT2D eigenvalue weighted by Crippen LogP contribution is 2.28. The van der Waals surface area contributed by atoms with E-state index in [1.165, 1.54) is 30.6 Å². The number of hydrogen-bond donors (Lipinski definition) is 0. The van der Waals surface area contributed by atoms with Crippen molar-refractivity contribution in [3.8, 4) is 9.88 Å². The first kappa shape index (κ1) is 15.7. The Morgan fingerprint density at radius 2 is 2.05 bits per heavy atom. The smallest absolute Gasteiger partial charge is 0.228 e. The van der Waals surface area contributed by atoms with Gasteiger partial charge >= 0.3 is 0 Å². The Kier molecular flexibility index (Phi) is 5.26. The number of hydrogen-bond acceptors (Lipinski definition) is 4. The molecule has 2 aromatic heterocycles. The molecule has 0 N–H and O–H groups in total. The fraction of sp³-hybridized carbons (Fsp3) is 0.529. The molecular weight excluding hydrogens is 312 g/mol. The zero-order valence-corrected chi connectivity index (χ0v) is 14.6. The maximum absolute atomic E-state index is 12.5. The SMILES string of the molecule is CN(C(=O)Cc1csc(-c2cccs2)n1)C1CCCCCC1. The average molecular weight is 335 g/mol. The van der Waals surface area contributed by atoms with Crippen LogP contribution in [0.15, 0.2) is 22.9 Å². The molecule has 3 rings (SSSR count). The van der Waals surface area contributed by atoms with E-state index in [4.69, 9.17) is 0 Å². The molecule has 22 heavy (non-hydrogen) atoms. The van der Waals surface area contributed by atoms with Crippen molar-refractivity contribution in [2.24, 2.45) is 0 Å². The largest absolute Gasteiger partial charge is 0.342 e. The molecule has 5 heteroatoms. The Hall–Kier alpha value is -1.20. The minimum Gasteiger partial charge on any atom is -0.342 e. The van der Waals surface area contributed by atoms with Crippen LogP contribution in [0.5, 0.6) is 0 Å². The van der Waals surface area contributed by atoms with E-state index in [0.717, 1.165) is 23.5 Å². The molecule has 3 nitrogen and oxygen atoms in total. The van der Waals surface area contributed by atoms with E-state index in [1.54, 1.807) is 22.7 Å². The zero-order chi connectivity index (χ0) is 15.4. The molecule has 1 saturated carbocycles. The van der Waals surface area contributed by atoms with E-state index < -0.39 is 0 Å². The fourth-order valence-corrected chi connectivity index (χ4v) is 4.66. The van der Waals surface area contributed by atoms with Gasteiger partial charge < -0.3 is 4.90 Å². The van der Waals surface area contributed by atoms with Gasteiger partial charge in [-0.1, -0.05) is 31.7 Å². The summed E-state index contributed by atoms with van der Waals surface area (Å²) in [7, 11) is 1.96. The molecule has 0 aliphatic heterocycles. The van der Waals surface area contributed by atoms with Crippen LogP contribution in [-0.4, -0.2) is 28.9 Å². The Morgan fingerprint density at radius 3 is 2.73 bits per heavy atom. The van der Waals surface area contributed by atoms with Crippen LogP contribution < -0.4 is 0 Å². The lowest BCUT2D eigenvalue weighted by Gasteiger charge is -2.27. The normalized spacial score (nSPS) is 16.4. The molecule has 0 aromatic carbocycles. The van der Waals surface area contributed by atoms with Crippen LogP contribution in [0.25, 0.3) is 9.88 Å². The van der Waals surface area contributed by atoms with E-state index in [9.17, 15) is 4.79 Å². The Labute approximate surface area is 140 Å². The number of carbonyl (C=O) groups excluding carboxylic acids is 1. The van der Waals surface area contributed by atoms with Gasteiger partial charge in [0.05, 0.1) is 17.0 Å². The summed E-state index contributed by atoms with van der Waals surface area (Å²) in [6.45, 7) is 0. The van der Waals surface area contributed by atoms with Gasteiger partial charge in [-0.15, -0.1) is 22.7 Å². The number of nitrogens with zero attached hydrogens (tertiary/aromatic N) is 2. The Morgan fingerprint density at radius 1 is 1.27 bits per heavy atom. The molecule has 0 saturated heterocycles. The molecule has 118 valence electrons. The molecule has 0 radical (unpaired) electrons. The molecule has 1 aliphatic rings. The highest BCUT2D eigenvalue weighted by molar-refractivity contribution is 7.20. The van der Waals surface area contributed by atoms with Crippen LogP contribution in [0.4, 0.5) is 0 Å². The second-order valence-electron chi connectivity index (χ2n) is 5.95. The van der Waals surface area contributed by atoms with Crippen molar-refractivity contribution >= 4 is 28.6 Å². The monoisotopic (exact) mass is 334 g/mol. The van der Waals surface area contributed by atoms with Gasteiger partial charge in [0.25, 0.3) is 0 Å². The third-order valence-electron chi connectivity index (χ3n) is 4.38. The first-order valence-electron chi connectivity index (χ1n) is 7.98. The highest BCUT2D eigenvalue weighted by Gasteiger charge is 2.22. The van der Waals surface area contributed by atoms with Crippen molar-refractivity contribution < 1.29 is 4.79 Å². The minimum absolute atomic E-state index is 0.204. The van der Waals surface area contributed by atoms with E-state index in [0.29, 0.717) is 12.5 Å². The van der Waals surface area contributed by atoms with Gasteiger partial charge in [0, 0.05) is 18.5 Å². The van der Waals surface area contributed by atoms with Crippen LogP contribution in [0, 0.1) is 0 Å². The summed E-state index contributed by atoms with van der Waals surface area (Å²) >= 11 is 3.32. The second kappa shape index (κ2) is 7.38. The number of likely N-dealkylation sites (N-methyl/N-ethyl adjacent to an activating group) is 1. The predicted octanol–water partition coefficient (Wildman–Crippen LogP) is 4.60. The van der Waals surface area contributed by atoms with Gasteiger partial charge in [-0.3, -0.25) is 4.79 Å². The van der Waals surface area contributed by atoms with Gasteiger partial charge in [0.1, 0.15) is 5.01 Å². The van der Waals surface area contributed by atoms with Crippen molar-refractivity contribution in [2.45, 2.75) is 51.0 Å². The van der Waals surface area contributed by atoms with E-state index in [-0.39, 0.29) is 5.91 Å². The summed E-state index contributed by atoms with van der Waals surface area (Å²) in [5.41, 5.74) is 0.902. The Bertz CT molecular complexity index is 598. The lowest BCUT2D eigenvalue weighted by atomic mass is 10.1. The van der Waals surface area contributed by atoms with Crippen molar-refractivity contribution in [3.05, 3.63) is 28.6 Å². The number of amides is 1. The molecule has 0 bridgehead atoms. The molecule has 1 fully saturated rings. The fourth-order valence-electron chi connectivity index (χ4n) is 3.03. The van der Waals surface area contributed by atoms with Crippen LogP contribution in [0.2, 0.25) is 0 Å². The minimum atomic E-state index is 0.204. The van der Waals surface area contributed by atoms with Crippen LogP contribution >= 0.6 is 22.7 Å². The molecule has 2 aromatic rings. The average Bonchev–Trinajstić information content (AvgIpc) is 3.13. The van der Waals surface area contributed by atoms with Crippen molar-refractivity contribution in [1.29, 1.82) is 0 Å². The highest BCUT2D eigenvalue weighted by atomic mass is 32.1. The Balaban J connectivity index is 1.61. The maximum atomic E-state index is 12.5. The van der Waals surface area contributed by atoms with Crippen LogP contribution in [0.1, 0.15) is 44.2 Å². The van der Waals surface area contributed by atoms with Crippen LogP contribution in [0.3, 0.4) is 0 Å². The van der Waals surface area contributed by atoms with E-state index in [1.807, 2.05) is 23.4 Å². The number of carbonyl (C=O) groups is 1. The number of aromatic nitrogens is 1. The molecule has 2 heterocycles. The summed E-state index contributed by atoms with van der Waals surface area (Å²) in [5, 5.41) is 5.10. The summed E-state index contributed by atoms with van der Waals surface area (Å²) in [5.74, 6) is 0.204. The predicted molar refractivity (Wildman–Crippen MR) is 93.4 cm³/mol. The summed E-state index contributed by atoms with van der Waals surface area (Å²) in [6, 6.07) is 4.53. The van der Waals surface area contributed by atoms with E-state index >= 15 is 0 Å². The van der Waals surface area contributed by atoms with Crippen molar-refractivity contribution in [1.82, 2.24) is 9.88 Å². The van der Waals surface area contributed by atoms with E-state index in [2.05, 4.69) is 16.4 Å². The van der Waals surface area contributed by atoms with Gasteiger partial charge in [0.15, 0.2) is 0 Å². The van der Waals surface area contributed by atoms with Crippen molar-refractivity contribution in [3.63, 3.8) is 0 Å². The second-order valence-corrected chi connectivity index (χ2v) is 7.75. The topological polar surface area (TPSA) is 33.2 Å². The first-order chi connectivity index (χ1) is 10.7. The summed E-state index contributed by atoms with van der Waals surface area (Å²) in [6.07, 6.45) is 7.86. The van der Waals surface area contributed by atoms with Gasteiger partial charge in [0.2, 0.25) is 5.91 Å². The molecular formula is C17H22N2OS2. The quantitative estimate of drug-likeness (QED) is 0.766. The van der Waals surface area contributed by atoms with Crippen molar-refractivity contribution in [2.75, 3.05) is 7.05 Å². The van der Waals surface area contributed by atoms with Gasteiger partial charge in [-0.2, -0.15) is 0 Å². The summed E-state index contributed by atoms with van der Waals surface area (Å²) in [4.78, 5) is 20.3. The third-order valence-corrected chi connectivity index (χ3v) is 6.31. The van der Waals surface area contributed by atoms with Gasteiger partial charge in [-0.25, -0.2) is 4.98 Å².